The molecule has 1 fully saturated rings. The van der Waals surface area contributed by atoms with Gasteiger partial charge < -0.3 is 9.31 Å². The largest absolute Gasteiger partial charge is 0.495 e. The highest BCUT2D eigenvalue weighted by Gasteiger charge is 2.52. The third-order valence-corrected chi connectivity index (χ3v) is 15.0. The van der Waals surface area contributed by atoms with E-state index >= 15 is 0 Å². The molecule has 0 N–H and O–H groups in total. The molecule has 1 saturated heterocycles. The van der Waals surface area contributed by atoms with E-state index in [9.17, 15) is 0 Å². The second-order valence-electron chi connectivity index (χ2n) is 16.2. The van der Waals surface area contributed by atoms with Crippen molar-refractivity contribution in [2.45, 2.75) is 38.9 Å². The van der Waals surface area contributed by atoms with E-state index in [0.717, 1.165) is 5.46 Å². The topological polar surface area (TPSA) is 18.5 Å². The quantitative estimate of drug-likeness (QED) is 0.168. The Bertz CT molecular complexity index is 3110. The summed E-state index contributed by atoms with van der Waals surface area (Å²) in [5, 5.41) is 10.2. The molecular weight excluding hydrogens is 707 g/mol. The molecule has 262 valence electrons. The second-order valence-corrected chi connectivity index (χ2v) is 18.4. The molecule has 0 bridgehead atoms. The minimum Gasteiger partial charge on any atom is -0.399 e. The molecule has 2 nitrogen and oxygen atoms in total. The summed E-state index contributed by atoms with van der Waals surface area (Å²) >= 11 is 3.74. The molecule has 1 aliphatic carbocycles. The fraction of sp³-hybridized carbons (Fsp3) is 0.120. The lowest BCUT2D eigenvalue weighted by Gasteiger charge is -2.32. The highest BCUT2D eigenvalue weighted by Crippen LogP contribution is 2.58. The van der Waals surface area contributed by atoms with E-state index in [-0.39, 0.29) is 0 Å². The molecule has 55 heavy (non-hydrogen) atoms. The van der Waals surface area contributed by atoms with Crippen LogP contribution in [0.15, 0.2) is 140 Å². The van der Waals surface area contributed by atoms with Crippen molar-refractivity contribution in [1.82, 2.24) is 0 Å². The van der Waals surface area contributed by atoms with Crippen molar-refractivity contribution in [3.8, 4) is 44.5 Å². The summed E-state index contributed by atoms with van der Waals surface area (Å²) in [5.74, 6) is 0. The minimum absolute atomic E-state index is 0.434. The molecule has 0 saturated carbocycles. The van der Waals surface area contributed by atoms with Gasteiger partial charge in [-0.25, -0.2) is 0 Å². The van der Waals surface area contributed by atoms with Crippen molar-refractivity contribution >= 4 is 97.1 Å². The van der Waals surface area contributed by atoms with Crippen LogP contribution in [-0.4, -0.2) is 18.3 Å². The first kappa shape index (κ1) is 32.0. The fourth-order valence-corrected chi connectivity index (χ4v) is 11.5. The molecular formula is C50H35BO2S2. The Kier molecular flexibility index (Phi) is 6.49. The zero-order chi connectivity index (χ0) is 36.8. The van der Waals surface area contributed by atoms with Crippen molar-refractivity contribution in [2.24, 2.45) is 0 Å². The molecule has 5 heteroatoms. The van der Waals surface area contributed by atoms with Gasteiger partial charge in [-0.05, 0) is 136 Å². The van der Waals surface area contributed by atoms with Crippen LogP contribution in [0, 0.1) is 0 Å². The van der Waals surface area contributed by atoms with Gasteiger partial charge in [-0.3, -0.25) is 0 Å². The third kappa shape index (κ3) is 4.38. The summed E-state index contributed by atoms with van der Waals surface area (Å²) < 4.78 is 18.7. The number of rotatable bonds is 3. The van der Waals surface area contributed by atoms with Crippen molar-refractivity contribution in [2.75, 3.05) is 0 Å². The van der Waals surface area contributed by atoms with Gasteiger partial charge in [0.2, 0.25) is 0 Å². The standard InChI is InChI=1S/C50H35BO2S2/c1-49(2)50(3,4)53-51(52-49)39-23-22-36-46-34(39)16-11-17-35(46)47-44(28-20-24-42-37(26-28)30-12-7-9-18-40(30)54-42)32-14-5-6-15-33(32)45(48(36)47)29-21-25-43-38(27-29)31-13-8-10-19-41(31)55-43/h5-27H,1-4H3. The summed E-state index contributed by atoms with van der Waals surface area (Å²) in [7, 11) is -0.459. The maximum absolute atomic E-state index is 6.70. The lowest BCUT2D eigenvalue weighted by Crippen LogP contribution is -2.41. The van der Waals surface area contributed by atoms with Crippen LogP contribution in [0.1, 0.15) is 27.7 Å². The maximum atomic E-state index is 6.70. The fourth-order valence-electron chi connectivity index (χ4n) is 9.36. The average molecular weight is 743 g/mol. The summed E-state index contributed by atoms with van der Waals surface area (Å²) in [6, 6.07) is 52.4. The number of thiophene rings is 2. The molecule has 0 unspecified atom stereocenters. The highest BCUT2D eigenvalue weighted by atomic mass is 32.1. The van der Waals surface area contributed by atoms with Gasteiger partial charge in [-0.1, -0.05) is 103 Å². The molecule has 8 aromatic carbocycles. The summed E-state index contributed by atoms with van der Waals surface area (Å²) in [6.45, 7) is 8.53. The first-order valence-electron chi connectivity index (χ1n) is 19.1. The molecule has 3 heterocycles. The molecule has 2 aliphatic rings. The first-order valence-corrected chi connectivity index (χ1v) is 20.7. The van der Waals surface area contributed by atoms with Gasteiger partial charge in [-0.15, -0.1) is 22.7 Å². The molecule has 0 spiro atoms. The van der Waals surface area contributed by atoms with Gasteiger partial charge in [0.15, 0.2) is 0 Å². The molecule has 10 aromatic rings. The Labute approximate surface area is 327 Å². The van der Waals surface area contributed by atoms with Gasteiger partial charge in [0.25, 0.3) is 0 Å². The zero-order valence-corrected chi connectivity index (χ0v) is 32.6. The lowest BCUT2D eigenvalue weighted by molar-refractivity contribution is 0.00578. The Balaban J connectivity index is 1.20. The number of hydrogen-bond donors (Lipinski definition) is 0. The van der Waals surface area contributed by atoms with E-state index in [1.165, 1.54) is 106 Å². The lowest BCUT2D eigenvalue weighted by atomic mass is 9.75. The van der Waals surface area contributed by atoms with Crippen LogP contribution >= 0.6 is 22.7 Å². The predicted molar refractivity (Wildman–Crippen MR) is 238 cm³/mol. The molecule has 2 aromatic heterocycles. The summed E-state index contributed by atoms with van der Waals surface area (Å²) in [5.41, 5.74) is 10.4. The van der Waals surface area contributed by atoms with Gasteiger partial charge in [-0.2, -0.15) is 0 Å². The Morgan fingerprint density at radius 3 is 1.40 bits per heavy atom. The second kappa shape index (κ2) is 11.1. The average Bonchev–Trinajstić information content (AvgIpc) is 3.91. The number of fused-ring (bicyclic) bond motifs is 10. The summed E-state index contributed by atoms with van der Waals surface area (Å²) in [4.78, 5) is 0. The Morgan fingerprint density at radius 2 is 0.855 bits per heavy atom. The van der Waals surface area contributed by atoms with E-state index in [2.05, 4.69) is 167 Å². The van der Waals surface area contributed by atoms with E-state index in [4.69, 9.17) is 9.31 Å². The highest BCUT2D eigenvalue weighted by molar-refractivity contribution is 7.26. The van der Waals surface area contributed by atoms with Crippen molar-refractivity contribution in [1.29, 1.82) is 0 Å². The maximum Gasteiger partial charge on any atom is 0.495 e. The number of benzene rings is 8. The molecule has 1 aliphatic heterocycles. The van der Waals surface area contributed by atoms with Gasteiger partial charge >= 0.3 is 7.12 Å². The molecule has 0 radical (unpaired) electrons. The Hall–Kier alpha value is -5.30. The van der Waals surface area contributed by atoms with E-state index < -0.39 is 18.3 Å². The first-order chi connectivity index (χ1) is 26.8. The van der Waals surface area contributed by atoms with Crippen molar-refractivity contribution in [3.05, 3.63) is 140 Å². The van der Waals surface area contributed by atoms with Gasteiger partial charge in [0.05, 0.1) is 11.2 Å². The van der Waals surface area contributed by atoms with Crippen LogP contribution in [-0.2, 0) is 9.31 Å². The monoisotopic (exact) mass is 742 g/mol. The van der Waals surface area contributed by atoms with Crippen molar-refractivity contribution < 1.29 is 9.31 Å². The van der Waals surface area contributed by atoms with E-state index in [0.29, 0.717) is 0 Å². The predicted octanol–water partition coefficient (Wildman–Crippen LogP) is 14.0. The van der Waals surface area contributed by atoms with Crippen LogP contribution < -0.4 is 5.46 Å². The third-order valence-electron chi connectivity index (χ3n) is 12.7. The van der Waals surface area contributed by atoms with Gasteiger partial charge in [0.1, 0.15) is 0 Å². The smallest absolute Gasteiger partial charge is 0.399 e. The number of hydrogen-bond acceptors (Lipinski definition) is 4. The van der Waals surface area contributed by atoms with E-state index in [1.54, 1.807) is 0 Å². The van der Waals surface area contributed by atoms with Crippen LogP contribution in [0.4, 0.5) is 0 Å². The van der Waals surface area contributed by atoms with E-state index in [1.807, 2.05) is 22.7 Å². The zero-order valence-electron chi connectivity index (χ0n) is 31.0. The molecule has 0 atom stereocenters. The van der Waals surface area contributed by atoms with Crippen LogP contribution in [0.3, 0.4) is 0 Å². The van der Waals surface area contributed by atoms with Crippen LogP contribution in [0.25, 0.3) is 106 Å². The normalized spacial score (nSPS) is 15.7. The van der Waals surface area contributed by atoms with Gasteiger partial charge in [0, 0.05) is 40.3 Å². The van der Waals surface area contributed by atoms with Crippen molar-refractivity contribution in [3.63, 3.8) is 0 Å². The van der Waals surface area contributed by atoms with Crippen LogP contribution in [0.5, 0.6) is 0 Å². The molecule has 12 rings (SSSR count). The SMILES string of the molecule is CC1(C)OB(c2ccc3c4c(cccc24)-c2c-3c(-c3ccc4sc5ccccc5c4c3)c3ccccc3c2-c2ccc3sc4ccccc4c3c2)OC1(C)C. The Morgan fingerprint density at radius 1 is 0.400 bits per heavy atom. The van der Waals surface area contributed by atoms with Crippen LogP contribution in [0.2, 0.25) is 0 Å². The molecule has 0 amide bonds. The minimum atomic E-state index is -0.459. The summed E-state index contributed by atoms with van der Waals surface area (Å²) in [6.07, 6.45) is 0.